The van der Waals surface area contributed by atoms with Gasteiger partial charge in [0.1, 0.15) is 0 Å². The van der Waals surface area contributed by atoms with Crippen molar-refractivity contribution >= 4 is 95.4 Å². The van der Waals surface area contributed by atoms with Crippen LogP contribution in [0.15, 0.2) is 0 Å². The van der Waals surface area contributed by atoms with E-state index < -0.39 is 23.7 Å². The molecular formula is C9H20B2I2O8P2. The Morgan fingerprint density at radius 2 is 1.83 bits per heavy atom. The molecule has 0 aromatic carbocycles. The fourth-order valence-electron chi connectivity index (χ4n) is 1.26. The first-order valence-electron chi connectivity index (χ1n) is 5.54. The van der Waals surface area contributed by atoms with Gasteiger partial charge in [0.15, 0.2) is 0 Å². The van der Waals surface area contributed by atoms with Crippen LogP contribution >= 0.6 is 63.0 Å². The van der Waals surface area contributed by atoms with E-state index in [0.29, 0.717) is 0 Å². The molecule has 4 atom stereocenters. The van der Waals surface area contributed by atoms with Crippen LogP contribution in [0.25, 0.3) is 0 Å². The Morgan fingerprint density at radius 1 is 1.35 bits per heavy atom. The third-order valence-electron chi connectivity index (χ3n) is 2.38. The molecule has 1 fully saturated rings. The van der Waals surface area contributed by atoms with Crippen molar-refractivity contribution in [3.63, 3.8) is 0 Å². The minimum atomic E-state index is -1.08. The standard InChI is InChI=1S/C4H7BIO4P.C4H5BIO3P.CH4.H2O.H2/c6-5(11)2(4(9)10)1-3(7)8;6-5(10)2-1-3(7)9-4(2)8;;;/h2H,1,11H2,(H,7,8)(H,9,10);2H,1,10H2;1H4;1H2;1H/i;;;;1+1. The maximum atomic E-state index is 10.8. The number of rotatable bonds is 5. The number of cyclic esters (lactones) is 2. The largest absolute Gasteiger partial charge is 0.481 e. The van der Waals surface area contributed by atoms with Crippen molar-refractivity contribution in [2.45, 2.75) is 31.9 Å². The number of esters is 2. The summed E-state index contributed by atoms with van der Waals surface area (Å²) in [7, 11) is 4.75. The summed E-state index contributed by atoms with van der Waals surface area (Å²) in [6.07, 6.45) is -0.0949. The van der Waals surface area contributed by atoms with Gasteiger partial charge in [0.05, 0.1) is 24.5 Å². The molecular weight excluding hydrogens is 573 g/mol. The molecule has 134 valence electrons. The van der Waals surface area contributed by atoms with Gasteiger partial charge in [-0.15, -0.1) is 44.7 Å². The van der Waals surface area contributed by atoms with Crippen molar-refractivity contribution < 1.29 is 41.0 Å². The zero-order valence-corrected chi connectivity index (χ0v) is 17.7. The lowest BCUT2D eigenvalue weighted by molar-refractivity contribution is -0.152. The molecule has 4 N–H and O–H groups in total. The minimum Gasteiger partial charge on any atom is -0.481 e. The molecule has 1 aliphatic heterocycles. The van der Waals surface area contributed by atoms with E-state index in [1.807, 2.05) is 22.4 Å². The zero-order chi connectivity index (χ0) is 16.7. The predicted molar refractivity (Wildman–Crippen MR) is 115 cm³/mol. The van der Waals surface area contributed by atoms with Crippen molar-refractivity contribution in [3.8, 4) is 0 Å². The van der Waals surface area contributed by atoms with Crippen molar-refractivity contribution in [2.24, 2.45) is 0 Å². The molecule has 1 saturated heterocycles. The van der Waals surface area contributed by atoms with Gasteiger partial charge in [-0.05, 0) is 0 Å². The Morgan fingerprint density at radius 3 is 1.96 bits per heavy atom. The maximum Gasteiger partial charge on any atom is 0.313 e. The molecule has 0 saturated carbocycles. The Balaban J connectivity index is -0.000000148. The molecule has 0 aromatic rings. The molecule has 0 amide bonds. The molecule has 1 aliphatic rings. The number of hydrogen-bond donors (Lipinski definition) is 2. The van der Waals surface area contributed by atoms with Gasteiger partial charge in [-0.2, -0.15) is 18.2 Å². The molecule has 14 heteroatoms. The molecule has 0 aromatic heterocycles. The highest BCUT2D eigenvalue weighted by atomic mass is 127. The molecule has 0 radical (unpaired) electrons. The minimum absolute atomic E-state index is 0. The van der Waals surface area contributed by atoms with Crippen LogP contribution in [0.5, 0.6) is 0 Å². The van der Waals surface area contributed by atoms with E-state index in [4.69, 9.17) is 10.2 Å². The van der Waals surface area contributed by atoms with E-state index >= 15 is 0 Å². The lowest BCUT2D eigenvalue weighted by Crippen LogP contribution is -2.19. The first-order chi connectivity index (χ1) is 9.56. The van der Waals surface area contributed by atoms with E-state index in [-0.39, 0.29) is 47.5 Å². The Bertz CT molecular complexity index is 444. The monoisotopic (exact) mass is 595 g/mol. The van der Waals surface area contributed by atoms with E-state index in [9.17, 15) is 19.2 Å². The van der Waals surface area contributed by atoms with Crippen molar-refractivity contribution in [1.29, 1.82) is 0 Å². The summed E-state index contributed by atoms with van der Waals surface area (Å²) in [6, 6.07) is 0. The quantitative estimate of drug-likeness (QED) is 0.161. The van der Waals surface area contributed by atoms with Gasteiger partial charge in [-0.3, -0.25) is 19.2 Å². The van der Waals surface area contributed by atoms with Crippen LogP contribution in [-0.4, -0.2) is 48.1 Å². The molecule has 0 bridgehead atoms. The van der Waals surface area contributed by atoms with E-state index in [1.165, 1.54) is 0 Å². The number of ether oxygens (including phenoxy) is 1. The molecule has 8 nitrogen and oxygen atoms in total. The van der Waals surface area contributed by atoms with E-state index in [0.717, 1.165) is 0 Å². The fraction of sp³-hybridized carbons (Fsp3) is 0.556. The molecule has 0 spiro atoms. The molecule has 4 unspecified atom stereocenters. The Labute approximate surface area is 167 Å². The lowest BCUT2D eigenvalue weighted by atomic mass is 9.83. The molecule has 1 rings (SSSR count). The van der Waals surface area contributed by atoms with Crippen LogP contribution in [0.4, 0.5) is 0 Å². The normalized spacial score (nSPS) is 16.6. The number of hydrogen-bond acceptors (Lipinski definition) is 5. The van der Waals surface area contributed by atoms with Crippen LogP contribution in [0.1, 0.15) is 21.7 Å². The first kappa shape index (κ1) is 28.3. The number of carboxylic acid groups (broad SMARTS) is 2. The van der Waals surface area contributed by atoms with Crippen LogP contribution in [0.3, 0.4) is 0 Å². The summed E-state index contributed by atoms with van der Waals surface area (Å²) >= 11 is 3.95. The number of carboxylic acids is 2. The van der Waals surface area contributed by atoms with Crippen LogP contribution < -0.4 is 0 Å². The number of carbonyl (C=O) groups is 4. The SMILES string of the molecule is C.O.O=C(O)CC(B(P)I)C(=O)O.O=C1CC(B(P)I)C(=O)O1.[2HH]. The van der Waals surface area contributed by atoms with Gasteiger partial charge in [0.2, 0.25) is 0 Å². The highest BCUT2D eigenvalue weighted by molar-refractivity contribution is 14.1. The van der Waals surface area contributed by atoms with E-state index in [1.54, 1.807) is 0 Å². The Hall–Kier alpha value is 0.490. The third kappa shape index (κ3) is 11.6. The van der Waals surface area contributed by atoms with Crippen LogP contribution in [-0.2, 0) is 23.9 Å². The first-order valence-corrected chi connectivity index (χ1v) is 9.37. The number of halogens is 2. The highest BCUT2D eigenvalue weighted by Crippen LogP contribution is 2.31. The zero-order valence-electron chi connectivity index (χ0n) is 11.1. The van der Waals surface area contributed by atoms with Crippen LogP contribution in [0, 0.1) is 0 Å². The van der Waals surface area contributed by atoms with Gasteiger partial charge in [-0.1, -0.05) is 7.43 Å². The topological polar surface area (TPSA) is 149 Å². The summed E-state index contributed by atoms with van der Waals surface area (Å²) in [5.74, 6) is -4.02. The van der Waals surface area contributed by atoms with Crippen LogP contribution in [0.2, 0.25) is 11.6 Å². The second-order valence-electron chi connectivity index (χ2n) is 4.04. The lowest BCUT2D eigenvalue weighted by Gasteiger charge is -2.08. The highest BCUT2D eigenvalue weighted by Gasteiger charge is 2.38. The summed E-state index contributed by atoms with van der Waals surface area (Å²) < 4.78 is 4.18. The maximum absolute atomic E-state index is 10.8. The third-order valence-corrected chi connectivity index (χ3v) is 5.05. The summed E-state index contributed by atoms with van der Waals surface area (Å²) in [6.45, 7) is 0. The average Bonchev–Trinajstić information content (AvgIpc) is 2.65. The van der Waals surface area contributed by atoms with Gasteiger partial charge in [0, 0.05) is 1.43 Å². The van der Waals surface area contributed by atoms with Crippen molar-refractivity contribution in [1.82, 2.24) is 0 Å². The smallest absolute Gasteiger partial charge is 0.313 e. The van der Waals surface area contributed by atoms with Crippen molar-refractivity contribution in [2.75, 3.05) is 0 Å². The van der Waals surface area contributed by atoms with Gasteiger partial charge >= 0.3 is 23.9 Å². The second-order valence-corrected chi connectivity index (χ2v) is 11.1. The molecule has 23 heavy (non-hydrogen) atoms. The van der Waals surface area contributed by atoms with Gasteiger partial charge < -0.3 is 20.4 Å². The average molecular weight is 595 g/mol. The summed E-state index contributed by atoms with van der Waals surface area (Å²) in [5.41, 5.74) is 0. The Kier molecular flexibility index (Phi) is 16.9. The number of carbonyl (C=O) groups excluding carboxylic acids is 2. The predicted octanol–water partition coefficient (Wildman–Crippen LogP) is 1.40. The summed E-state index contributed by atoms with van der Waals surface area (Å²) in [4.78, 5) is 41.8. The summed E-state index contributed by atoms with van der Waals surface area (Å²) in [5, 5.41) is 16.8. The molecule has 0 aliphatic carbocycles. The number of aliphatic carboxylic acids is 2. The van der Waals surface area contributed by atoms with Crippen molar-refractivity contribution in [3.05, 3.63) is 0 Å². The van der Waals surface area contributed by atoms with Gasteiger partial charge in [-0.25, -0.2) is 0 Å². The van der Waals surface area contributed by atoms with Gasteiger partial charge in [0.25, 0.3) is 8.58 Å². The van der Waals surface area contributed by atoms with E-state index in [2.05, 4.69) is 45.3 Å². The fourth-order valence-corrected chi connectivity index (χ4v) is 2.96. The second kappa shape index (κ2) is 13.7. The molecule has 1 heterocycles.